The first-order valence-electron chi connectivity index (χ1n) is 6.91. The molecule has 0 unspecified atom stereocenters. The van der Waals surface area contributed by atoms with Crippen molar-refractivity contribution in [1.82, 2.24) is 15.2 Å². The molecular formula is C14H20BrN3. The molecule has 0 spiro atoms. The maximum absolute atomic E-state index is 4.41. The summed E-state index contributed by atoms with van der Waals surface area (Å²) < 4.78 is 1.03. The third-order valence-corrected chi connectivity index (χ3v) is 4.91. The van der Waals surface area contributed by atoms with E-state index in [2.05, 4.69) is 43.3 Å². The maximum Gasteiger partial charge on any atom is 0.110 e. The van der Waals surface area contributed by atoms with E-state index < -0.39 is 0 Å². The molecule has 1 saturated carbocycles. The lowest BCUT2D eigenvalue weighted by molar-refractivity contribution is 0.0830. The van der Waals surface area contributed by atoms with Crippen LogP contribution < -0.4 is 5.32 Å². The summed E-state index contributed by atoms with van der Waals surface area (Å²) >= 11 is 3.63. The van der Waals surface area contributed by atoms with Crippen LogP contribution in [-0.4, -0.2) is 36.1 Å². The van der Waals surface area contributed by atoms with E-state index in [0.717, 1.165) is 36.7 Å². The van der Waals surface area contributed by atoms with Gasteiger partial charge in [-0.05, 0) is 40.8 Å². The Balaban J connectivity index is 1.87. The number of aromatic nitrogens is 1. The molecule has 1 aromatic rings. The summed E-state index contributed by atoms with van der Waals surface area (Å²) in [5, 5.41) is 3.44. The van der Waals surface area contributed by atoms with E-state index in [1.165, 1.54) is 24.8 Å². The number of hydrogen-bond acceptors (Lipinski definition) is 3. The second-order valence-electron chi connectivity index (χ2n) is 5.31. The van der Waals surface area contributed by atoms with Gasteiger partial charge < -0.3 is 5.32 Å². The average Bonchev–Trinajstić information content (AvgIpc) is 2.36. The zero-order valence-electron chi connectivity index (χ0n) is 10.6. The van der Waals surface area contributed by atoms with Crippen LogP contribution in [0.15, 0.2) is 22.9 Å². The molecule has 0 amide bonds. The largest absolute Gasteiger partial charge is 0.314 e. The van der Waals surface area contributed by atoms with Crippen LogP contribution in [0.5, 0.6) is 0 Å². The van der Waals surface area contributed by atoms with Gasteiger partial charge >= 0.3 is 0 Å². The van der Waals surface area contributed by atoms with Crippen molar-refractivity contribution in [1.29, 1.82) is 0 Å². The zero-order chi connectivity index (χ0) is 12.4. The molecule has 3 nitrogen and oxygen atoms in total. The van der Waals surface area contributed by atoms with Gasteiger partial charge in [-0.25, -0.2) is 4.98 Å². The van der Waals surface area contributed by atoms with Crippen molar-refractivity contribution in [3.05, 3.63) is 28.5 Å². The van der Waals surface area contributed by atoms with Gasteiger partial charge in [-0.15, -0.1) is 0 Å². The van der Waals surface area contributed by atoms with Gasteiger partial charge in [0.15, 0.2) is 0 Å². The lowest BCUT2D eigenvalue weighted by Gasteiger charge is -2.43. The highest BCUT2D eigenvalue weighted by atomic mass is 79.9. The Morgan fingerprint density at radius 3 is 2.72 bits per heavy atom. The first-order chi connectivity index (χ1) is 8.86. The van der Waals surface area contributed by atoms with Crippen LogP contribution >= 0.6 is 15.9 Å². The zero-order valence-corrected chi connectivity index (χ0v) is 12.2. The second kappa shape index (κ2) is 5.68. The van der Waals surface area contributed by atoms with Crippen LogP contribution in [0.2, 0.25) is 0 Å². The number of nitrogens with one attached hydrogen (secondary N) is 1. The third-order valence-electron chi connectivity index (χ3n) is 4.25. The van der Waals surface area contributed by atoms with Crippen molar-refractivity contribution in [3.8, 4) is 0 Å². The monoisotopic (exact) mass is 309 g/mol. The molecule has 4 heteroatoms. The standard InChI is InChI=1S/C14H20BrN3/c15-14-12(5-2-6-17-14)13(11-3-1-4-11)18-9-7-16-8-10-18/h2,5-6,11,13,16H,1,3-4,7-10H2/t13-/m0/s1. The van der Waals surface area contributed by atoms with Gasteiger partial charge in [-0.2, -0.15) is 0 Å². The number of rotatable bonds is 3. The Kier molecular flexibility index (Phi) is 3.97. The van der Waals surface area contributed by atoms with Gasteiger partial charge in [0.05, 0.1) is 0 Å². The fourth-order valence-electron chi connectivity index (χ4n) is 3.08. The number of piperazine rings is 1. The SMILES string of the molecule is Brc1ncccc1[C@H](C1CCC1)N1CCNCC1. The van der Waals surface area contributed by atoms with E-state index in [4.69, 9.17) is 0 Å². The minimum absolute atomic E-state index is 0.559. The lowest BCUT2D eigenvalue weighted by Crippen LogP contribution is -2.48. The number of nitrogens with zero attached hydrogens (tertiary/aromatic N) is 2. The number of hydrogen-bond donors (Lipinski definition) is 1. The molecular weight excluding hydrogens is 290 g/mol. The van der Waals surface area contributed by atoms with Crippen molar-refractivity contribution >= 4 is 15.9 Å². The quantitative estimate of drug-likeness (QED) is 0.870. The molecule has 1 aromatic heterocycles. The Morgan fingerprint density at radius 2 is 2.11 bits per heavy atom. The van der Waals surface area contributed by atoms with E-state index in [0.29, 0.717) is 6.04 Å². The van der Waals surface area contributed by atoms with Crippen LogP contribution in [0.4, 0.5) is 0 Å². The highest BCUT2D eigenvalue weighted by Gasteiger charge is 2.34. The predicted molar refractivity (Wildman–Crippen MR) is 76.5 cm³/mol. The van der Waals surface area contributed by atoms with Crippen LogP contribution in [0.3, 0.4) is 0 Å². The van der Waals surface area contributed by atoms with Crippen molar-refractivity contribution < 1.29 is 0 Å². The highest BCUT2D eigenvalue weighted by molar-refractivity contribution is 9.10. The van der Waals surface area contributed by atoms with E-state index in [1.807, 2.05) is 6.20 Å². The van der Waals surface area contributed by atoms with Gasteiger partial charge in [0.2, 0.25) is 0 Å². The smallest absolute Gasteiger partial charge is 0.110 e. The minimum Gasteiger partial charge on any atom is -0.314 e. The van der Waals surface area contributed by atoms with Crippen LogP contribution in [0.1, 0.15) is 30.9 Å². The van der Waals surface area contributed by atoms with Crippen LogP contribution in [0, 0.1) is 5.92 Å². The number of pyridine rings is 1. The van der Waals surface area contributed by atoms with Crippen LogP contribution in [0.25, 0.3) is 0 Å². The van der Waals surface area contributed by atoms with Crippen molar-refractivity contribution in [2.24, 2.45) is 5.92 Å². The molecule has 0 bridgehead atoms. The molecule has 1 aliphatic heterocycles. The highest BCUT2D eigenvalue weighted by Crippen LogP contribution is 2.42. The Morgan fingerprint density at radius 1 is 1.33 bits per heavy atom. The Hall–Kier alpha value is -0.450. The predicted octanol–water partition coefficient (Wildman–Crippen LogP) is 2.59. The topological polar surface area (TPSA) is 28.2 Å². The molecule has 2 heterocycles. The summed E-state index contributed by atoms with van der Waals surface area (Å²) in [6.07, 6.45) is 6.00. The molecule has 98 valence electrons. The van der Waals surface area contributed by atoms with Crippen molar-refractivity contribution in [2.75, 3.05) is 26.2 Å². The molecule has 1 saturated heterocycles. The molecule has 1 aliphatic carbocycles. The summed E-state index contributed by atoms with van der Waals surface area (Å²) in [6, 6.07) is 4.86. The normalized spacial score (nSPS) is 23.6. The van der Waals surface area contributed by atoms with E-state index in [9.17, 15) is 0 Å². The fourth-order valence-corrected chi connectivity index (χ4v) is 3.57. The molecule has 1 atom stereocenters. The van der Waals surface area contributed by atoms with Crippen molar-refractivity contribution in [2.45, 2.75) is 25.3 Å². The van der Waals surface area contributed by atoms with Gasteiger partial charge in [0.25, 0.3) is 0 Å². The summed E-state index contributed by atoms with van der Waals surface area (Å²) in [4.78, 5) is 7.05. The van der Waals surface area contributed by atoms with Crippen molar-refractivity contribution in [3.63, 3.8) is 0 Å². The maximum atomic E-state index is 4.41. The summed E-state index contributed by atoms with van der Waals surface area (Å²) in [7, 11) is 0. The van der Waals surface area contributed by atoms with Gasteiger partial charge in [-0.1, -0.05) is 12.5 Å². The lowest BCUT2D eigenvalue weighted by atomic mass is 9.76. The summed E-state index contributed by atoms with van der Waals surface area (Å²) in [5.41, 5.74) is 1.38. The van der Waals surface area contributed by atoms with Gasteiger partial charge in [-0.3, -0.25) is 4.90 Å². The van der Waals surface area contributed by atoms with E-state index in [-0.39, 0.29) is 0 Å². The number of halogens is 1. The van der Waals surface area contributed by atoms with Gasteiger partial charge in [0, 0.05) is 44.0 Å². The average molecular weight is 310 g/mol. The second-order valence-corrected chi connectivity index (χ2v) is 6.06. The fraction of sp³-hybridized carbons (Fsp3) is 0.643. The van der Waals surface area contributed by atoms with Gasteiger partial charge in [0.1, 0.15) is 4.60 Å². The first kappa shape index (κ1) is 12.6. The Labute approximate surface area is 117 Å². The molecule has 2 aliphatic rings. The minimum atomic E-state index is 0.559. The summed E-state index contributed by atoms with van der Waals surface area (Å²) in [5.74, 6) is 0.823. The summed E-state index contributed by atoms with van der Waals surface area (Å²) in [6.45, 7) is 4.53. The molecule has 0 aromatic carbocycles. The molecule has 3 rings (SSSR count). The molecule has 1 N–H and O–H groups in total. The molecule has 18 heavy (non-hydrogen) atoms. The molecule has 2 fully saturated rings. The third kappa shape index (κ3) is 2.46. The molecule has 0 radical (unpaired) electrons. The van der Waals surface area contributed by atoms with E-state index in [1.54, 1.807) is 0 Å². The van der Waals surface area contributed by atoms with Crippen LogP contribution in [-0.2, 0) is 0 Å². The Bertz CT molecular complexity index is 400. The van der Waals surface area contributed by atoms with E-state index >= 15 is 0 Å². The first-order valence-corrected chi connectivity index (χ1v) is 7.71.